The van der Waals surface area contributed by atoms with Crippen molar-refractivity contribution in [1.82, 2.24) is 29.4 Å². The van der Waals surface area contributed by atoms with E-state index in [0.717, 1.165) is 29.5 Å². The number of rotatable bonds is 7. The smallest absolute Gasteiger partial charge is 0.157 e. The number of fused-ring (bicyclic) bond motifs is 1. The molecule has 0 saturated carbocycles. The van der Waals surface area contributed by atoms with E-state index in [4.69, 9.17) is 4.74 Å². The Morgan fingerprint density at radius 1 is 1.29 bits per heavy atom. The zero-order valence-electron chi connectivity index (χ0n) is 14.5. The summed E-state index contributed by atoms with van der Waals surface area (Å²) >= 11 is 0. The van der Waals surface area contributed by atoms with Crippen LogP contribution in [-0.4, -0.2) is 43.1 Å². The SMILES string of the molecule is COCCn1cnnc1[C@H](C)Nc1cc(C(C)C)nc2ccnn12. The number of hydrogen-bond acceptors (Lipinski definition) is 6. The van der Waals surface area contributed by atoms with Gasteiger partial charge in [0.25, 0.3) is 0 Å². The van der Waals surface area contributed by atoms with Crippen LogP contribution in [-0.2, 0) is 11.3 Å². The molecule has 128 valence electrons. The summed E-state index contributed by atoms with van der Waals surface area (Å²) in [4.78, 5) is 4.63. The summed E-state index contributed by atoms with van der Waals surface area (Å²) in [6, 6.07) is 3.92. The molecule has 24 heavy (non-hydrogen) atoms. The summed E-state index contributed by atoms with van der Waals surface area (Å²) < 4.78 is 8.93. The molecule has 3 heterocycles. The molecule has 8 heteroatoms. The van der Waals surface area contributed by atoms with Gasteiger partial charge >= 0.3 is 0 Å². The van der Waals surface area contributed by atoms with Crippen LogP contribution in [0.3, 0.4) is 0 Å². The molecule has 0 bridgehead atoms. The standard InChI is InChI=1S/C16H23N7O/c1-11(2)13-9-15(23-14(20-13)5-6-18-23)19-12(3)16-21-17-10-22(16)7-8-24-4/h5-6,9-12,19H,7-8H2,1-4H3/t12-/m0/s1. The molecular formula is C16H23N7O. The second-order valence-corrected chi connectivity index (χ2v) is 6.06. The first-order valence-electron chi connectivity index (χ1n) is 8.08. The summed E-state index contributed by atoms with van der Waals surface area (Å²) in [6.45, 7) is 7.65. The number of nitrogens with zero attached hydrogens (tertiary/aromatic N) is 6. The van der Waals surface area contributed by atoms with E-state index in [1.54, 1.807) is 24.1 Å². The number of anilines is 1. The Labute approximate surface area is 140 Å². The normalized spacial score (nSPS) is 12.9. The second kappa shape index (κ2) is 6.96. The number of aromatic nitrogens is 6. The molecule has 0 aliphatic rings. The van der Waals surface area contributed by atoms with Gasteiger partial charge in [0.15, 0.2) is 11.5 Å². The third kappa shape index (κ3) is 3.23. The zero-order valence-corrected chi connectivity index (χ0v) is 14.5. The molecule has 3 aromatic heterocycles. The quantitative estimate of drug-likeness (QED) is 0.716. The van der Waals surface area contributed by atoms with Gasteiger partial charge in [0, 0.05) is 31.5 Å². The van der Waals surface area contributed by atoms with Crippen LogP contribution in [0, 0.1) is 0 Å². The molecule has 0 aliphatic carbocycles. The predicted molar refractivity (Wildman–Crippen MR) is 91.0 cm³/mol. The van der Waals surface area contributed by atoms with E-state index in [-0.39, 0.29) is 6.04 Å². The Morgan fingerprint density at radius 2 is 2.12 bits per heavy atom. The van der Waals surface area contributed by atoms with Crippen molar-refractivity contribution < 1.29 is 4.74 Å². The van der Waals surface area contributed by atoms with Crippen molar-refractivity contribution in [3.63, 3.8) is 0 Å². The molecule has 3 rings (SSSR count). The molecule has 1 atom stereocenters. The molecule has 1 N–H and O–H groups in total. The van der Waals surface area contributed by atoms with Crippen LogP contribution in [0.2, 0.25) is 0 Å². The van der Waals surface area contributed by atoms with Gasteiger partial charge in [-0.25, -0.2) is 4.98 Å². The fourth-order valence-corrected chi connectivity index (χ4v) is 2.58. The minimum atomic E-state index is -0.0285. The molecule has 8 nitrogen and oxygen atoms in total. The van der Waals surface area contributed by atoms with Crippen molar-refractivity contribution in [2.75, 3.05) is 19.0 Å². The van der Waals surface area contributed by atoms with Gasteiger partial charge < -0.3 is 14.6 Å². The maximum absolute atomic E-state index is 5.14. The van der Waals surface area contributed by atoms with E-state index in [9.17, 15) is 0 Å². The van der Waals surface area contributed by atoms with Crippen LogP contribution in [0.5, 0.6) is 0 Å². The Kier molecular flexibility index (Phi) is 4.75. The fourth-order valence-electron chi connectivity index (χ4n) is 2.58. The number of nitrogens with one attached hydrogen (secondary N) is 1. The molecule has 0 fully saturated rings. The lowest BCUT2D eigenvalue weighted by atomic mass is 10.1. The minimum absolute atomic E-state index is 0.0285. The van der Waals surface area contributed by atoms with Crippen molar-refractivity contribution in [2.45, 2.75) is 39.3 Å². The molecular weight excluding hydrogens is 306 g/mol. The highest BCUT2D eigenvalue weighted by Crippen LogP contribution is 2.22. The fraction of sp³-hybridized carbons (Fsp3) is 0.500. The Balaban J connectivity index is 1.89. The summed E-state index contributed by atoms with van der Waals surface area (Å²) in [5.41, 5.74) is 1.86. The minimum Gasteiger partial charge on any atom is -0.383 e. The van der Waals surface area contributed by atoms with Crippen LogP contribution >= 0.6 is 0 Å². The maximum atomic E-state index is 5.14. The van der Waals surface area contributed by atoms with Gasteiger partial charge in [-0.2, -0.15) is 9.61 Å². The second-order valence-electron chi connectivity index (χ2n) is 6.06. The average Bonchev–Trinajstić information content (AvgIpc) is 3.21. The molecule has 0 spiro atoms. The lowest BCUT2D eigenvalue weighted by molar-refractivity contribution is 0.186. The largest absolute Gasteiger partial charge is 0.383 e. The van der Waals surface area contributed by atoms with Crippen LogP contribution < -0.4 is 5.32 Å². The van der Waals surface area contributed by atoms with Gasteiger partial charge in [-0.1, -0.05) is 13.8 Å². The molecule has 0 unspecified atom stereocenters. The summed E-state index contributed by atoms with van der Waals surface area (Å²) in [5.74, 6) is 2.09. The van der Waals surface area contributed by atoms with Crippen LogP contribution in [0.4, 0.5) is 5.82 Å². The van der Waals surface area contributed by atoms with E-state index >= 15 is 0 Å². The first-order chi connectivity index (χ1) is 11.6. The predicted octanol–water partition coefficient (Wildman–Crippen LogP) is 2.26. The maximum Gasteiger partial charge on any atom is 0.157 e. The van der Waals surface area contributed by atoms with Gasteiger partial charge in [0.2, 0.25) is 0 Å². The first kappa shape index (κ1) is 16.4. The highest BCUT2D eigenvalue weighted by molar-refractivity contribution is 5.50. The number of hydrogen-bond donors (Lipinski definition) is 1. The zero-order chi connectivity index (χ0) is 17.1. The van der Waals surface area contributed by atoms with E-state index in [0.29, 0.717) is 12.5 Å². The van der Waals surface area contributed by atoms with Crippen LogP contribution in [0.25, 0.3) is 5.65 Å². The Hall–Kier alpha value is -2.48. The molecule has 3 aromatic rings. The molecule has 0 saturated heterocycles. The van der Waals surface area contributed by atoms with Crippen molar-refractivity contribution in [3.8, 4) is 0 Å². The number of methoxy groups -OCH3 is 1. The van der Waals surface area contributed by atoms with E-state index in [1.807, 2.05) is 16.7 Å². The summed E-state index contributed by atoms with van der Waals surface area (Å²) in [7, 11) is 1.69. The van der Waals surface area contributed by atoms with Crippen LogP contribution in [0.1, 0.15) is 44.2 Å². The Bertz CT molecular complexity index is 808. The first-order valence-corrected chi connectivity index (χ1v) is 8.08. The average molecular weight is 329 g/mol. The lowest BCUT2D eigenvalue weighted by Crippen LogP contribution is -2.17. The third-order valence-electron chi connectivity index (χ3n) is 3.90. The highest BCUT2D eigenvalue weighted by Gasteiger charge is 2.16. The van der Waals surface area contributed by atoms with Gasteiger partial charge in [0.1, 0.15) is 12.1 Å². The molecule has 0 aliphatic heterocycles. The van der Waals surface area contributed by atoms with Gasteiger partial charge in [-0.3, -0.25) is 0 Å². The number of ether oxygens (including phenoxy) is 1. The monoisotopic (exact) mass is 329 g/mol. The van der Waals surface area contributed by atoms with Gasteiger partial charge in [-0.15, -0.1) is 10.2 Å². The van der Waals surface area contributed by atoms with Crippen molar-refractivity contribution in [1.29, 1.82) is 0 Å². The topological polar surface area (TPSA) is 82.2 Å². The van der Waals surface area contributed by atoms with Crippen molar-refractivity contribution in [3.05, 3.63) is 36.2 Å². The van der Waals surface area contributed by atoms with Crippen LogP contribution in [0.15, 0.2) is 24.7 Å². The van der Waals surface area contributed by atoms with E-state index in [1.165, 1.54) is 0 Å². The van der Waals surface area contributed by atoms with Crippen molar-refractivity contribution in [2.24, 2.45) is 0 Å². The third-order valence-corrected chi connectivity index (χ3v) is 3.90. The molecule has 0 amide bonds. The Morgan fingerprint density at radius 3 is 2.88 bits per heavy atom. The summed E-state index contributed by atoms with van der Waals surface area (Å²) in [6.07, 6.45) is 3.48. The van der Waals surface area contributed by atoms with Crippen molar-refractivity contribution >= 4 is 11.5 Å². The van der Waals surface area contributed by atoms with E-state index in [2.05, 4.69) is 46.4 Å². The lowest BCUT2D eigenvalue weighted by Gasteiger charge is -2.17. The molecule has 0 aromatic carbocycles. The highest BCUT2D eigenvalue weighted by atomic mass is 16.5. The van der Waals surface area contributed by atoms with Gasteiger partial charge in [0.05, 0.1) is 18.8 Å². The molecule has 0 radical (unpaired) electrons. The van der Waals surface area contributed by atoms with Gasteiger partial charge in [-0.05, 0) is 12.8 Å². The van der Waals surface area contributed by atoms with E-state index < -0.39 is 0 Å². The summed E-state index contributed by atoms with van der Waals surface area (Å²) in [5, 5.41) is 16.1.